The molecule has 1 rings (SSSR count). The Kier molecular flexibility index (Phi) is 3.58. The Labute approximate surface area is 72.9 Å². The molecule has 0 spiro atoms. The highest BCUT2D eigenvalue weighted by atomic mass is 16.5. The lowest BCUT2D eigenvalue weighted by Crippen LogP contribution is -2.11. The molecular weight excluding hydrogens is 152 g/mol. The average molecular weight is 166 g/mol. The molecule has 0 atom stereocenters. The second-order valence-corrected chi connectivity index (χ2v) is 2.86. The Morgan fingerprint density at radius 3 is 2.83 bits per heavy atom. The number of allylic oxidation sites excluding steroid dienone is 3. The van der Waals surface area contributed by atoms with Gasteiger partial charge >= 0.3 is 5.97 Å². The second kappa shape index (κ2) is 4.75. The molecule has 1 aliphatic rings. The number of hydrogen-bond donors (Lipinski definition) is 0. The molecule has 12 heavy (non-hydrogen) atoms. The van der Waals surface area contributed by atoms with Gasteiger partial charge in [-0.1, -0.05) is 19.1 Å². The smallest absolute Gasteiger partial charge is 0.314 e. The minimum absolute atomic E-state index is 0.0616. The second-order valence-electron chi connectivity index (χ2n) is 2.86. The third-order valence-corrected chi connectivity index (χ3v) is 1.86. The van der Waals surface area contributed by atoms with Gasteiger partial charge in [0, 0.05) is 0 Å². The van der Waals surface area contributed by atoms with Gasteiger partial charge in [-0.2, -0.15) is 0 Å². The van der Waals surface area contributed by atoms with Crippen molar-refractivity contribution >= 4 is 5.97 Å². The maximum Gasteiger partial charge on any atom is 0.314 e. The lowest BCUT2D eigenvalue weighted by Gasteiger charge is -2.04. The van der Waals surface area contributed by atoms with Crippen molar-refractivity contribution in [2.45, 2.75) is 26.2 Å². The molecule has 2 heteroatoms. The van der Waals surface area contributed by atoms with Crippen molar-refractivity contribution in [2.24, 2.45) is 5.92 Å². The van der Waals surface area contributed by atoms with Gasteiger partial charge in [-0.05, 0) is 25.3 Å². The highest BCUT2D eigenvalue weighted by Crippen LogP contribution is 2.18. The average Bonchev–Trinajstić information content (AvgIpc) is 2.56. The van der Waals surface area contributed by atoms with Crippen LogP contribution in [-0.2, 0) is 9.53 Å². The molecule has 0 fully saturated rings. The summed E-state index contributed by atoms with van der Waals surface area (Å²) in [6, 6.07) is 0. The van der Waals surface area contributed by atoms with E-state index in [1.807, 2.05) is 25.2 Å². The monoisotopic (exact) mass is 166 g/mol. The Balaban J connectivity index is 2.24. The van der Waals surface area contributed by atoms with Gasteiger partial charge < -0.3 is 4.74 Å². The lowest BCUT2D eigenvalue weighted by atomic mass is 10.1. The normalized spacial score (nSPS) is 17.4. The Morgan fingerprint density at radius 1 is 1.58 bits per heavy atom. The van der Waals surface area contributed by atoms with Crippen LogP contribution in [0.4, 0.5) is 0 Å². The van der Waals surface area contributed by atoms with E-state index in [0.717, 1.165) is 19.3 Å². The van der Waals surface area contributed by atoms with Crippen molar-refractivity contribution in [2.75, 3.05) is 0 Å². The maximum absolute atomic E-state index is 11.2. The predicted octanol–water partition coefficient (Wildman–Crippen LogP) is 2.42. The quantitative estimate of drug-likeness (QED) is 0.365. The van der Waals surface area contributed by atoms with Crippen LogP contribution in [0.2, 0.25) is 0 Å². The molecule has 0 saturated heterocycles. The maximum atomic E-state index is 11.2. The van der Waals surface area contributed by atoms with Gasteiger partial charge in [-0.25, -0.2) is 0 Å². The molecule has 0 unspecified atom stereocenters. The minimum Gasteiger partial charge on any atom is -0.435 e. The number of hydrogen-bond acceptors (Lipinski definition) is 2. The zero-order chi connectivity index (χ0) is 8.81. The summed E-state index contributed by atoms with van der Waals surface area (Å²) in [6.45, 7) is 2.00. The van der Waals surface area contributed by atoms with Crippen LogP contribution < -0.4 is 0 Å². The molecule has 0 heterocycles. The SMILES string of the molecule is CCC=COC(=O)C1CC=CC1. The van der Waals surface area contributed by atoms with E-state index in [1.165, 1.54) is 6.26 Å². The summed E-state index contributed by atoms with van der Waals surface area (Å²) in [4.78, 5) is 11.2. The molecular formula is C10H14O2. The summed E-state index contributed by atoms with van der Waals surface area (Å²) in [6.07, 6.45) is 9.93. The fourth-order valence-corrected chi connectivity index (χ4v) is 1.12. The molecule has 66 valence electrons. The third-order valence-electron chi connectivity index (χ3n) is 1.86. The molecule has 2 nitrogen and oxygen atoms in total. The van der Waals surface area contributed by atoms with E-state index >= 15 is 0 Å². The molecule has 0 aliphatic heterocycles. The topological polar surface area (TPSA) is 26.3 Å². The molecule has 0 bridgehead atoms. The van der Waals surface area contributed by atoms with E-state index in [-0.39, 0.29) is 11.9 Å². The van der Waals surface area contributed by atoms with Crippen molar-refractivity contribution < 1.29 is 9.53 Å². The van der Waals surface area contributed by atoms with Crippen molar-refractivity contribution in [3.05, 3.63) is 24.5 Å². The largest absolute Gasteiger partial charge is 0.435 e. The number of esters is 1. The number of ether oxygens (including phenoxy) is 1. The first kappa shape index (κ1) is 9.04. The zero-order valence-electron chi connectivity index (χ0n) is 7.32. The number of carbonyl (C=O) groups excluding carboxylic acids is 1. The molecule has 0 aromatic carbocycles. The van der Waals surface area contributed by atoms with E-state index in [9.17, 15) is 4.79 Å². The van der Waals surface area contributed by atoms with Crippen molar-refractivity contribution in [3.63, 3.8) is 0 Å². The third kappa shape index (κ3) is 2.53. The minimum atomic E-state index is -0.107. The number of rotatable bonds is 3. The van der Waals surface area contributed by atoms with Crippen LogP contribution >= 0.6 is 0 Å². The summed E-state index contributed by atoms with van der Waals surface area (Å²) in [5, 5.41) is 0. The Bertz CT molecular complexity index is 196. The van der Waals surface area contributed by atoms with Crippen LogP contribution in [0.3, 0.4) is 0 Å². The van der Waals surface area contributed by atoms with Crippen molar-refractivity contribution in [1.29, 1.82) is 0 Å². The van der Waals surface area contributed by atoms with Gasteiger partial charge in [0.15, 0.2) is 0 Å². The molecule has 0 amide bonds. The van der Waals surface area contributed by atoms with Gasteiger partial charge in [0.1, 0.15) is 0 Å². The fourth-order valence-electron chi connectivity index (χ4n) is 1.12. The lowest BCUT2D eigenvalue weighted by molar-refractivity contribution is -0.142. The predicted molar refractivity (Wildman–Crippen MR) is 47.4 cm³/mol. The molecule has 0 saturated carbocycles. The Morgan fingerprint density at radius 2 is 2.25 bits per heavy atom. The van der Waals surface area contributed by atoms with E-state index in [4.69, 9.17) is 4.74 Å². The zero-order valence-corrected chi connectivity index (χ0v) is 7.32. The fraction of sp³-hybridized carbons (Fsp3) is 0.500. The van der Waals surface area contributed by atoms with E-state index in [0.29, 0.717) is 0 Å². The van der Waals surface area contributed by atoms with Gasteiger partial charge in [0.2, 0.25) is 0 Å². The standard InChI is InChI=1S/C10H14O2/c1-2-3-8-12-10(11)9-6-4-5-7-9/h3-5,8-9H,2,6-7H2,1H3. The molecule has 0 aromatic rings. The molecule has 0 aromatic heterocycles. The first-order valence-corrected chi connectivity index (χ1v) is 4.35. The van der Waals surface area contributed by atoms with Crippen LogP contribution in [-0.4, -0.2) is 5.97 Å². The van der Waals surface area contributed by atoms with E-state index in [2.05, 4.69) is 0 Å². The van der Waals surface area contributed by atoms with Crippen LogP contribution in [0.1, 0.15) is 26.2 Å². The molecule has 1 aliphatic carbocycles. The highest BCUT2D eigenvalue weighted by Gasteiger charge is 2.19. The summed E-state index contributed by atoms with van der Waals surface area (Å²) < 4.78 is 4.91. The number of carbonyl (C=O) groups is 1. The first-order valence-electron chi connectivity index (χ1n) is 4.35. The highest BCUT2D eigenvalue weighted by molar-refractivity contribution is 5.73. The van der Waals surface area contributed by atoms with Crippen molar-refractivity contribution in [3.8, 4) is 0 Å². The van der Waals surface area contributed by atoms with E-state index in [1.54, 1.807) is 0 Å². The summed E-state index contributed by atoms with van der Waals surface area (Å²) >= 11 is 0. The summed E-state index contributed by atoms with van der Waals surface area (Å²) in [5.74, 6) is -0.0452. The summed E-state index contributed by atoms with van der Waals surface area (Å²) in [7, 11) is 0. The van der Waals surface area contributed by atoms with Crippen LogP contribution in [0.15, 0.2) is 24.5 Å². The van der Waals surface area contributed by atoms with Crippen LogP contribution in [0, 0.1) is 5.92 Å². The van der Waals surface area contributed by atoms with Crippen LogP contribution in [0.5, 0.6) is 0 Å². The van der Waals surface area contributed by atoms with Crippen molar-refractivity contribution in [1.82, 2.24) is 0 Å². The first-order chi connectivity index (χ1) is 5.84. The Hall–Kier alpha value is -1.05. The van der Waals surface area contributed by atoms with E-state index < -0.39 is 0 Å². The van der Waals surface area contributed by atoms with Gasteiger partial charge in [0.25, 0.3) is 0 Å². The molecule has 0 N–H and O–H groups in total. The van der Waals surface area contributed by atoms with Crippen LogP contribution in [0.25, 0.3) is 0 Å². The van der Waals surface area contributed by atoms with Gasteiger partial charge in [-0.15, -0.1) is 0 Å². The molecule has 0 radical (unpaired) electrons. The van der Waals surface area contributed by atoms with Gasteiger partial charge in [0.05, 0.1) is 12.2 Å². The summed E-state index contributed by atoms with van der Waals surface area (Å²) in [5.41, 5.74) is 0. The van der Waals surface area contributed by atoms with Gasteiger partial charge in [-0.3, -0.25) is 4.79 Å².